The fourth-order valence-corrected chi connectivity index (χ4v) is 2.83. The number of hydrogen-bond donors (Lipinski definition) is 4. The van der Waals surface area contributed by atoms with Crippen LogP contribution in [-0.4, -0.2) is 59.6 Å². The smallest absolute Gasteiger partial charge is 0.408 e. The summed E-state index contributed by atoms with van der Waals surface area (Å²) in [4.78, 5) is 50.2. The fourth-order valence-electron chi connectivity index (χ4n) is 2.83. The van der Waals surface area contributed by atoms with Gasteiger partial charge in [0.2, 0.25) is 0 Å². The van der Waals surface area contributed by atoms with Gasteiger partial charge in [-0.2, -0.15) is 0 Å². The lowest BCUT2D eigenvalue weighted by Crippen LogP contribution is -2.58. The Morgan fingerprint density at radius 2 is 1.67 bits per heavy atom. The van der Waals surface area contributed by atoms with Crippen molar-refractivity contribution in [3.8, 4) is 0 Å². The first kappa shape index (κ1) is 28.1. The second-order valence-corrected chi connectivity index (χ2v) is 9.05. The third-order valence-corrected chi connectivity index (χ3v) is 4.93. The molecule has 4 N–H and O–H groups in total. The molecule has 0 aliphatic rings. The Morgan fingerprint density at radius 3 is 2.21 bits per heavy atom. The molecule has 1 rings (SSSR count). The van der Waals surface area contributed by atoms with Crippen LogP contribution < -0.4 is 16.0 Å². The quantitative estimate of drug-likeness (QED) is 0.349. The molecule has 0 radical (unpaired) electrons. The topological polar surface area (TPSA) is 134 Å². The number of benzene rings is 1. The molecule has 0 aromatic heterocycles. The highest BCUT2D eigenvalue weighted by Crippen LogP contribution is 2.09. The van der Waals surface area contributed by atoms with Gasteiger partial charge in [0.05, 0.1) is 6.04 Å². The van der Waals surface area contributed by atoms with Crippen LogP contribution in [0.15, 0.2) is 30.3 Å². The van der Waals surface area contributed by atoms with Crippen LogP contribution in [0.25, 0.3) is 0 Å². The van der Waals surface area contributed by atoms with Gasteiger partial charge in [-0.25, -0.2) is 4.79 Å². The van der Waals surface area contributed by atoms with Crippen molar-refractivity contribution in [3.63, 3.8) is 0 Å². The van der Waals surface area contributed by atoms with E-state index in [-0.39, 0.29) is 12.3 Å². The van der Waals surface area contributed by atoms with Crippen LogP contribution in [0.5, 0.6) is 0 Å². The van der Waals surface area contributed by atoms with Gasteiger partial charge in [0, 0.05) is 6.54 Å². The molecule has 0 fully saturated rings. The van der Waals surface area contributed by atoms with Gasteiger partial charge in [-0.1, -0.05) is 50.6 Å². The molecule has 0 aliphatic carbocycles. The number of rotatable bonds is 12. The lowest BCUT2D eigenvalue weighted by atomic mass is 10.0. The first-order chi connectivity index (χ1) is 15.5. The maximum atomic E-state index is 13.0. The summed E-state index contributed by atoms with van der Waals surface area (Å²) < 4.78 is 5.18. The van der Waals surface area contributed by atoms with E-state index in [4.69, 9.17) is 4.74 Å². The molecule has 3 unspecified atom stereocenters. The molecule has 3 atom stereocenters. The predicted octanol–water partition coefficient (Wildman–Crippen LogP) is 1.72. The van der Waals surface area contributed by atoms with Gasteiger partial charge >= 0.3 is 6.09 Å². The third-order valence-electron chi connectivity index (χ3n) is 4.93. The van der Waals surface area contributed by atoms with E-state index < -0.39 is 48.0 Å². The fraction of sp³-hybridized carbons (Fsp3) is 0.583. The molecule has 3 amide bonds. The van der Waals surface area contributed by atoms with E-state index in [1.165, 1.54) is 0 Å². The van der Waals surface area contributed by atoms with Gasteiger partial charge in [0.1, 0.15) is 12.2 Å². The van der Waals surface area contributed by atoms with Gasteiger partial charge in [-0.3, -0.25) is 14.4 Å². The minimum absolute atomic E-state index is 0.175. The van der Waals surface area contributed by atoms with E-state index in [2.05, 4.69) is 16.0 Å². The Kier molecular flexibility index (Phi) is 11.6. The van der Waals surface area contributed by atoms with Gasteiger partial charge < -0.3 is 25.8 Å². The van der Waals surface area contributed by atoms with Crippen molar-refractivity contribution in [2.75, 3.05) is 13.2 Å². The Labute approximate surface area is 195 Å². The molecule has 9 heteroatoms. The van der Waals surface area contributed by atoms with Gasteiger partial charge in [-0.05, 0) is 45.1 Å². The second-order valence-electron chi connectivity index (χ2n) is 9.05. The van der Waals surface area contributed by atoms with E-state index in [0.29, 0.717) is 13.0 Å². The van der Waals surface area contributed by atoms with Crippen LogP contribution in [-0.2, 0) is 25.5 Å². The minimum Gasteiger partial charge on any atom is -0.444 e. The molecule has 184 valence electrons. The molecular formula is C24H37N3O6. The molecule has 9 nitrogen and oxygen atoms in total. The normalized spacial score (nSPS) is 13.9. The molecule has 0 bridgehead atoms. The van der Waals surface area contributed by atoms with Crippen LogP contribution >= 0.6 is 0 Å². The van der Waals surface area contributed by atoms with Crippen molar-refractivity contribution in [2.24, 2.45) is 5.92 Å². The monoisotopic (exact) mass is 463 g/mol. The lowest BCUT2D eigenvalue weighted by molar-refractivity contribution is -0.135. The zero-order chi connectivity index (χ0) is 25.0. The largest absolute Gasteiger partial charge is 0.444 e. The highest BCUT2D eigenvalue weighted by atomic mass is 16.6. The van der Waals surface area contributed by atoms with Crippen molar-refractivity contribution in [3.05, 3.63) is 35.9 Å². The number of aryl methyl sites for hydroxylation is 1. The number of carbonyl (C=O) groups excluding carboxylic acids is 4. The maximum Gasteiger partial charge on any atom is 0.408 e. The molecule has 1 aromatic rings. The van der Waals surface area contributed by atoms with E-state index in [9.17, 15) is 24.3 Å². The number of amides is 3. The van der Waals surface area contributed by atoms with Gasteiger partial charge in [-0.15, -0.1) is 0 Å². The summed E-state index contributed by atoms with van der Waals surface area (Å²) in [7, 11) is 0. The Morgan fingerprint density at radius 1 is 1.03 bits per heavy atom. The molecule has 0 saturated carbocycles. The van der Waals surface area contributed by atoms with Crippen LogP contribution in [0.4, 0.5) is 4.79 Å². The summed E-state index contributed by atoms with van der Waals surface area (Å²) in [6.07, 6.45) is 0.587. The maximum absolute atomic E-state index is 13.0. The van der Waals surface area contributed by atoms with E-state index in [1.807, 2.05) is 44.2 Å². The standard InChI is InChI=1S/C24H37N3O6/c1-6-16(2)14-25-21(30)20(27-23(32)33-24(3,4)5)22(31)26-18(19(29)15-28)13-12-17-10-8-7-9-11-17/h7-11,16,18,20,28H,6,12-15H2,1-5H3,(H,25,30)(H,26,31)(H,27,32). The number of ketones is 1. The number of alkyl carbamates (subject to hydrolysis) is 1. The van der Waals surface area contributed by atoms with E-state index in [1.54, 1.807) is 20.8 Å². The van der Waals surface area contributed by atoms with Crippen LogP contribution in [0.3, 0.4) is 0 Å². The number of hydrogen-bond acceptors (Lipinski definition) is 6. The zero-order valence-electron chi connectivity index (χ0n) is 20.1. The average molecular weight is 464 g/mol. The summed E-state index contributed by atoms with van der Waals surface area (Å²) in [6.45, 7) is 8.44. The van der Waals surface area contributed by atoms with Crippen molar-refractivity contribution in [1.29, 1.82) is 0 Å². The molecule has 0 saturated heterocycles. The summed E-state index contributed by atoms with van der Waals surface area (Å²) in [5.41, 5.74) is 0.126. The Balaban J connectivity index is 2.96. The van der Waals surface area contributed by atoms with E-state index >= 15 is 0 Å². The number of Topliss-reactive ketones (excluding diaryl/α,β-unsaturated/α-hetero) is 1. The summed E-state index contributed by atoms with van der Waals surface area (Å²) in [5, 5.41) is 16.8. The average Bonchev–Trinajstić information content (AvgIpc) is 2.77. The Hall–Kier alpha value is -2.94. The zero-order valence-corrected chi connectivity index (χ0v) is 20.1. The number of ether oxygens (including phenoxy) is 1. The third kappa shape index (κ3) is 11.0. The van der Waals surface area contributed by atoms with Crippen LogP contribution in [0.2, 0.25) is 0 Å². The minimum atomic E-state index is -1.60. The predicted molar refractivity (Wildman–Crippen MR) is 124 cm³/mol. The van der Waals surface area contributed by atoms with Crippen molar-refractivity contribution in [1.82, 2.24) is 16.0 Å². The first-order valence-electron chi connectivity index (χ1n) is 11.2. The first-order valence-corrected chi connectivity index (χ1v) is 11.2. The van der Waals surface area contributed by atoms with Crippen molar-refractivity contribution in [2.45, 2.75) is 71.6 Å². The van der Waals surface area contributed by atoms with Gasteiger partial charge in [0.25, 0.3) is 11.8 Å². The number of aliphatic hydroxyl groups is 1. The summed E-state index contributed by atoms with van der Waals surface area (Å²) in [6, 6.07) is 6.74. The van der Waals surface area contributed by atoms with Crippen molar-refractivity contribution >= 4 is 23.7 Å². The highest BCUT2D eigenvalue weighted by Gasteiger charge is 2.33. The summed E-state index contributed by atoms with van der Waals surface area (Å²) >= 11 is 0. The highest BCUT2D eigenvalue weighted by molar-refractivity contribution is 6.07. The number of aliphatic hydroxyl groups excluding tert-OH is 1. The molecule has 1 aromatic carbocycles. The lowest BCUT2D eigenvalue weighted by Gasteiger charge is -2.25. The molecule has 33 heavy (non-hydrogen) atoms. The SMILES string of the molecule is CCC(C)CNC(=O)C(NC(=O)OC(C)(C)C)C(=O)NC(CCc1ccccc1)C(=O)CO. The summed E-state index contributed by atoms with van der Waals surface area (Å²) in [5.74, 6) is -1.98. The second kappa shape index (κ2) is 13.6. The molecule has 0 heterocycles. The van der Waals surface area contributed by atoms with Crippen molar-refractivity contribution < 1.29 is 29.0 Å². The number of nitrogens with one attached hydrogen (secondary N) is 3. The van der Waals surface area contributed by atoms with E-state index in [0.717, 1.165) is 12.0 Å². The van der Waals surface area contributed by atoms with Crippen LogP contribution in [0.1, 0.15) is 53.0 Å². The molecule has 0 aliphatic heterocycles. The van der Waals surface area contributed by atoms with Crippen LogP contribution in [0, 0.1) is 5.92 Å². The molecule has 0 spiro atoms. The Bertz CT molecular complexity index is 791. The van der Waals surface area contributed by atoms with Gasteiger partial charge in [0.15, 0.2) is 11.8 Å². The molecular weight excluding hydrogens is 426 g/mol. The number of carbonyl (C=O) groups is 4.